The van der Waals surface area contributed by atoms with Crippen molar-refractivity contribution in [1.29, 1.82) is 0 Å². The van der Waals surface area contributed by atoms with Crippen LogP contribution in [0.3, 0.4) is 0 Å². The van der Waals surface area contributed by atoms with Crippen LogP contribution in [-0.4, -0.2) is 11.8 Å². The maximum atomic E-state index is 12.8. The fraction of sp³-hybridized carbons (Fsp3) is 0.200. The third-order valence-electron chi connectivity index (χ3n) is 4.26. The van der Waals surface area contributed by atoms with Crippen molar-refractivity contribution in [3.63, 3.8) is 0 Å². The van der Waals surface area contributed by atoms with Crippen LogP contribution in [-0.2, 0) is 9.59 Å². The summed E-state index contributed by atoms with van der Waals surface area (Å²) in [4.78, 5) is 26.5. The van der Waals surface area contributed by atoms with Crippen LogP contribution in [0.2, 0.25) is 0 Å². The Kier molecular flexibility index (Phi) is 4.39. The van der Waals surface area contributed by atoms with E-state index in [0.717, 1.165) is 32.8 Å². The highest BCUT2D eigenvalue weighted by Crippen LogP contribution is 2.32. The van der Waals surface area contributed by atoms with Gasteiger partial charge in [0.2, 0.25) is 0 Å². The molecule has 1 heterocycles. The van der Waals surface area contributed by atoms with Gasteiger partial charge in [-0.2, -0.15) is 0 Å². The minimum atomic E-state index is -0.508. The highest BCUT2D eigenvalue weighted by atomic mass is 35.5. The highest BCUT2D eigenvalue weighted by molar-refractivity contribution is 6.53. The third-order valence-corrected chi connectivity index (χ3v) is 4.61. The topological polar surface area (TPSA) is 49.4 Å². The number of imide groups is 1. The van der Waals surface area contributed by atoms with Crippen LogP contribution in [0.1, 0.15) is 22.3 Å². The molecule has 2 aromatic carbocycles. The van der Waals surface area contributed by atoms with E-state index in [-0.39, 0.29) is 10.7 Å². The van der Waals surface area contributed by atoms with Gasteiger partial charge >= 0.3 is 0 Å². The van der Waals surface area contributed by atoms with Crippen molar-refractivity contribution in [1.82, 2.24) is 0 Å². The lowest BCUT2D eigenvalue weighted by Crippen LogP contribution is -2.32. The van der Waals surface area contributed by atoms with E-state index in [9.17, 15) is 9.59 Å². The van der Waals surface area contributed by atoms with Gasteiger partial charge in [0, 0.05) is 5.69 Å². The monoisotopic (exact) mass is 354 g/mol. The lowest BCUT2D eigenvalue weighted by atomic mass is 10.1. The molecule has 1 aliphatic rings. The molecule has 0 radical (unpaired) electrons. The summed E-state index contributed by atoms with van der Waals surface area (Å²) in [6, 6.07) is 11.4. The molecule has 5 heteroatoms. The molecular formula is C20H19ClN2O2. The summed E-state index contributed by atoms with van der Waals surface area (Å²) in [5.41, 5.74) is 5.42. The summed E-state index contributed by atoms with van der Waals surface area (Å²) in [7, 11) is 0. The fourth-order valence-electron chi connectivity index (χ4n) is 2.97. The summed E-state index contributed by atoms with van der Waals surface area (Å²) in [6.45, 7) is 7.76. The van der Waals surface area contributed by atoms with Gasteiger partial charge in [-0.3, -0.25) is 9.59 Å². The Morgan fingerprint density at radius 3 is 2.04 bits per heavy atom. The molecule has 2 aromatic rings. The molecule has 128 valence electrons. The van der Waals surface area contributed by atoms with Crippen LogP contribution in [0.15, 0.2) is 47.1 Å². The van der Waals surface area contributed by atoms with Gasteiger partial charge in [-0.25, -0.2) is 4.90 Å². The number of hydrogen-bond acceptors (Lipinski definition) is 3. The quantitative estimate of drug-likeness (QED) is 0.833. The molecule has 2 amide bonds. The largest absolute Gasteiger partial charge is 0.349 e. The zero-order valence-corrected chi connectivity index (χ0v) is 15.4. The highest BCUT2D eigenvalue weighted by Gasteiger charge is 2.39. The zero-order valence-electron chi connectivity index (χ0n) is 14.6. The van der Waals surface area contributed by atoms with Gasteiger partial charge < -0.3 is 5.32 Å². The van der Waals surface area contributed by atoms with E-state index in [4.69, 9.17) is 11.6 Å². The van der Waals surface area contributed by atoms with Gasteiger partial charge in [-0.05, 0) is 51.0 Å². The molecule has 0 spiro atoms. The van der Waals surface area contributed by atoms with Crippen molar-refractivity contribution in [2.45, 2.75) is 27.7 Å². The third kappa shape index (κ3) is 3.05. The summed E-state index contributed by atoms with van der Waals surface area (Å²) in [5, 5.41) is 2.94. The van der Waals surface area contributed by atoms with Crippen LogP contribution in [0.4, 0.5) is 11.4 Å². The standard InChI is InChI=1S/C20H19ClN2O2/c1-11-5-7-15(13(3)9-11)22-18-17(21)19(24)23(20(18)25)16-8-6-12(2)10-14(16)4/h5-10,22H,1-4H3. The molecular weight excluding hydrogens is 336 g/mol. The molecule has 0 aromatic heterocycles. The number of rotatable bonds is 3. The number of halogens is 1. The number of anilines is 2. The molecule has 25 heavy (non-hydrogen) atoms. The van der Waals surface area contributed by atoms with E-state index in [1.54, 1.807) is 6.07 Å². The van der Waals surface area contributed by atoms with E-state index in [1.165, 1.54) is 0 Å². The van der Waals surface area contributed by atoms with Crippen LogP contribution in [0.5, 0.6) is 0 Å². The van der Waals surface area contributed by atoms with Crippen LogP contribution < -0.4 is 10.2 Å². The van der Waals surface area contributed by atoms with E-state index in [1.807, 2.05) is 58.0 Å². The normalized spacial score (nSPS) is 14.5. The van der Waals surface area contributed by atoms with Crippen molar-refractivity contribution in [2.24, 2.45) is 0 Å². The number of nitrogens with zero attached hydrogens (tertiary/aromatic N) is 1. The predicted octanol–water partition coefficient (Wildman–Crippen LogP) is 4.36. The molecule has 0 saturated carbocycles. The van der Waals surface area contributed by atoms with Crippen LogP contribution in [0.25, 0.3) is 0 Å². The smallest absolute Gasteiger partial charge is 0.283 e. The van der Waals surface area contributed by atoms with Gasteiger partial charge in [0.1, 0.15) is 10.7 Å². The number of aryl methyl sites for hydroxylation is 4. The number of amides is 2. The van der Waals surface area contributed by atoms with Crippen molar-refractivity contribution in [3.05, 3.63) is 69.4 Å². The second-order valence-corrected chi connectivity index (χ2v) is 6.75. The number of carbonyl (C=O) groups excluding carboxylic acids is 2. The van der Waals surface area contributed by atoms with E-state index in [0.29, 0.717) is 5.69 Å². The lowest BCUT2D eigenvalue weighted by Gasteiger charge is -2.18. The van der Waals surface area contributed by atoms with Gasteiger partial charge in [-0.1, -0.05) is 47.0 Å². The van der Waals surface area contributed by atoms with E-state index >= 15 is 0 Å². The molecule has 0 aliphatic carbocycles. The minimum absolute atomic E-state index is 0.0926. The predicted molar refractivity (Wildman–Crippen MR) is 101 cm³/mol. The Hall–Kier alpha value is -2.59. The first-order chi connectivity index (χ1) is 11.8. The Balaban J connectivity index is 1.96. The van der Waals surface area contributed by atoms with Gasteiger partial charge in [-0.15, -0.1) is 0 Å². The van der Waals surface area contributed by atoms with Crippen molar-refractivity contribution in [3.8, 4) is 0 Å². The number of benzene rings is 2. The van der Waals surface area contributed by atoms with Crippen molar-refractivity contribution in [2.75, 3.05) is 10.2 Å². The molecule has 1 N–H and O–H groups in total. The molecule has 3 rings (SSSR count). The summed E-state index contributed by atoms with van der Waals surface area (Å²) >= 11 is 6.19. The average Bonchev–Trinajstić information content (AvgIpc) is 2.74. The molecule has 0 saturated heterocycles. The average molecular weight is 355 g/mol. The first-order valence-corrected chi connectivity index (χ1v) is 8.37. The Morgan fingerprint density at radius 2 is 1.44 bits per heavy atom. The maximum Gasteiger partial charge on any atom is 0.283 e. The summed E-state index contributed by atoms with van der Waals surface area (Å²) in [6.07, 6.45) is 0. The molecule has 0 atom stereocenters. The molecule has 1 aliphatic heterocycles. The molecule has 0 unspecified atom stereocenters. The van der Waals surface area contributed by atoms with Crippen molar-refractivity contribution >= 4 is 34.8 Å². The first kappa shape index (κ1) is 17.2. The Morgan fingerprint density at radius 1 is 0.840 bits per heavy atom. The number of nitrogens with one attached hydrogen (secondary N) is 1. The van der Waals surface area contributed by atoms with Gasteiger partial charge in [0.25, 0.3) is 11.8 Å². The van der Waals surface area contributed by atoms with Crippen LogP contribution >= 0.6 is 11.6 Å². The maximum absolute atomic E-state index is 12.8. The van der Waals surface area contributed by atoms with Crippen molar-refractivity contribution < 1.29 is 9.59 Å². The Labute approximate surface area is 152 Å². The lowest BCUT2D eigenvalue weighted by molar-refractivity contribution is -0.120. The second-order valence-electron chi connectivity index (χ2n) is 6.37. The summed E-state index contributed by atoms with van der Waals surface area (Å²) in [5.74, 6) is -0.951. The SMILES string of the molecule is Cc1ccc(NC2=C(Cl)C(=O)N(c3ccc(C)cc3C)C2=O)c(C)c1. The van der Waals surface area contributed by atoms with E-state index < -0.39 is 11.8 Å². The zero-order chi connectivity index (χ0) is 18.3. The van der Waals surface area contributed by atoms with Gasteiger partial charge in [0.05, 0.1) is 5.69 Å². The summed E-state index contributed by atoms with van der Waals surface area (Å²) < 4.78 is 0. The molecule has 4 nitrogen and oxygen atoms in total. The molecule has 0 fully saturated rings. The number of hydrogen-bond donors (Lipinski definition) is 1. The number of carbonyl (C=O) groups is 2. The van der Waals surface area contributed by atoms with Crippen LogP contribution in [0, 0.1) is 27.7 Å². The minimum Gasteiger partial charge on any atom is -0.349 e. The fourth-order valence-corrected chi connectivity index (χ4v) is 3.19. The van der Waals surface area contributed by atoms with Gasteiger partial charge in [0.15, 0.2) is 0 Å². The second kappa shape index (κ2) is 6.37. The Bertz CT molecular complexity index is 931. The first-order valence-electron chi connectivity index (χ1n) is 7.99. The van der Waals surface area contributed by atoms with E-state index in [2.05, 4.69) is 5.32 Å². The molecule has 0 bridgehead atoms.